The fraction of sp³-hybridized carbons (Fsp3) is 0.0667. The van der Waals surface area contributed by atoms with Crippen LogP contribution in [0.4, 0.5) is 0 Å². The molecule has 1 aromatic heterocycles. The van der Waals surface area contributed by atoms with E-state index in [1.807, 2.05) is 11.3 Å². The first-order chi connectivity index (χ1) is 22.6. The van der Waals surface area contributed by atoms with E-state index in [1.54, 1.807) is 0 Å². The monoisotopic (exact) mass is 602 g/mol. The molecule has 9 aromatic rings. The van der Waals surface area contributed by atoms with Crippen molar-refractivity contribution in [2.45, 2.75) is 19.3 Å². The summed E-state index contributed by atoms with van der Waals surface area (Å²) in [6.45, 7) is 4.80. The molecule has 0 atom stereocenters. The topological polar surface area (TPSA) is 0 Å². The molecule has 0 saturated heterocycles. The lowest BCUT2D eigenvalue weighted by molar-refractivity contribution is 0.666. The van der Waals surface area contributed by atoms with Gasteiger partial charge in [0.05, 0.1) is 0 Å². The third kappa shape index (κ3) is 3.39. The molecule has 1 aliphatic rings. The molecule has 216 valence electrons. The van der Waals surface area contributed by atoms with Crippen molar-refractivity contribution in [1.29, 1.82) is 0 Å². The minimum atomic E-state index is -0.107. The molecule has 0 bridgehead atoms. The lowest BCUT2D eigenvalue weighted by Crippen LogP contribution is -2.15. The molecule has 0 radical (unpaired) electrons. The van der Waals surface area contributed by atoms with Crippen molar-refractivity contribution in [3.8, 4) is 33.4 Å². The minimum absolute atomic E-state index is 0.107. The first kappa shape index (κ1) is 26.0. The Morgan fingerprint density at radius 3 is 1.65 bits per heavy atom. The lowest BCUT2D eigenvalue weighted by atomic mass is 9.79. The first-order valence-electron chi connectivity index (χ1n) is 16.1. The van der Waals surface area contributed by atoms with Crippen molar-refractivity contribution >= 4 is 63.8 Å². The summed E-state index contributed by atoms with van der Waals surface area (Å²) >= 11 is 1.91. The Kier molecular flexibility index (Phi) is 5.31. The van der Waals surface area contributed by atoms with Crippen molar-refractivity contribution in [2.75, 3.05) is 0 Å². The Balaban J connectivity index is 1.34. The molecule has 0 aliphatic heterocycles. The molecule has 0 amide bonds. The van der Waals surface area contributed by atoms with Crippen molar-refractivity contribution in [2.24, 2.45) is 0 Å². The van der Waals surface area contributed by atoms with Gasteiger partial charge in [-0.15, -0.1) is 11.3 Å². The van der Waals surface area contributed by atoms with Crippen LogP contribution < -0.4 is 0 Å². The van der Waals surface area contributed by atoms with Gasteiger partial charge in [0.15, 0.2) is 0 Å². The van der Waals surface area contributed by atoms with Crippen LogP contribution in [0.25, 0.3) is 85.9 Å². The van der Waals surface area contributed by atoms with Crippen LogP contribution in [-0.2, 0) is 5.41 Å². The van der Waals surface area contributed by atoms with Crippen LogP contribution >= 0.6 is 11.3 Å². The van der Waals surface area contributed by atoms with Gasteiger partial charge < -0.3 is 0 Å². The van der Waals surface area contributed by atoms with Crippen LogP contribution in [0.5, 0.6) is 0 Å². The smallest absolute Gasteiger partial charge is 0.0434 e. The third-order valence-corrected chi connectivity index (χ3v) is 11.7. The molecule has 46 heavy (non-hydrogen) atoms. The van der Waals surface area contributed by atoms with E-state index in [-0.39, 0.29) is 5.41 Å². The van der Waals surface area contributed by atoms with Crippen molar-refractivity contribution in [1.82, 2.24) is 0 Å². The average molecular weight is 603 g/mol. The summed E-state index contributed by atoms with van der Waals surface area (Å²) in [6, 6.07) is 54.4. The molecule has 0 saturated carbocycles. The quantitative estimate of drug-likeness (QED) is 0.173. The Hall–Kier alpha value is -5.24. The highest BCUT2D eigenvalue weighted by Crippen LogP contribution is 2.56. The number of fused-ring (bicyclic) bond motifs is 10. The zero-order chi connectivity index (χ0) is 30.6. The molecule has 10 rings (SSSR count). The highest BCUT2D eigenvalue weighted by Gasteiger charge is 2.38. The van der Waals surface area contributed by atoms with Crippen LogP contribution in [-0.4, -0.2) is 0 Å². The molecule has 1 heteroatoms. The molecule has 1 heterocycles. The Bertz CT molecular complexity index is 2660. The van der Waals surface area contributed by atoms with E-state index in [0.717, 1.165) is 0 Å². The number of rotatable bonds is 2. The van der Waals surface area contributed by atoms with Gasteiger partial charge >= 0.3 is 0 Å². The molecule has 0 fully saturated rings. The normalized spacial score (nSPS) is 13.6. The van der Waals surface area contributed by atoms with Gasteiger partial charge in [0.25, 0.3) is 0 Å². The van der Waals surface area contributed by atoms with Crippen LogP contribution in [0, 0.1) is 0 Å². The summed E-state index contributed by atoms with van der Waals surface area (Å²) in [4.78, 5) is 0. The van der Waals surface area contributed by atoms with Gasteiger partial charge in [-0.1, -0.05) is 153 Å². The van der Waals surface area contributed by atoms with E-state index in [2.05, 4.69) is 159 Å². The molecular formula is C45H30S. The minimum Gasteiger partial charge on any atom is -0.135 e. The van der Waals surface area contributed by atoms with Gasteiger partial charge in [0, 0.05) is 31.2 Å². The van der Waals surface area contributed by atoms with Crippen LogP contribution in [0.15, 0.2) is 146 Å². The van der Waals surface area contributed by atoms with Gasteiger partial charge in [0.1, 0.15) is 0 Å². The predicted octanol–water partition coefficient (Wildman–Crippen LogP) is 13.2. The van der Waals surface area contributed by atoms with E-state index in [0.29, 0.717) is 0 Å². The van der Waals surface area contributed by atoms with Gasteiger partial charge in [0.2, 0.25) is 0 Å². The fourth-order valence-electron chi connectivity index (χ4n) is 8.51. The van der Waals surface area contributed by atoms with Crippen molar-refractivity contribution in [3.63, 3.8) is 0 Å². The summed E-state index contributed by atoms with van der Waals surface area (Å²) in [5.74, 6) is 0. The molecule has 8 aromatic carbocycles. The molecule has 0 spiro atoms. The first-order valence-corrected chi connectivity index (χ1v) is 16.9. The molecular weight excluding hydrogens is 573 g/mol. The van der Waals surface area contributed by atoms with Crippen LogP contribution in [0.1, 0.15) is 25.0 Å². The van der Waals surface area contributed by atoms with Gasteiger partial charge in [-0.3, -0.25) is 0 Å². The second-order valence-electron chi connectivity index (χ2n) is 13.2. The lowest BCUT2D eigenvalue weighted by Gasteiger charge is -2.23. The largest absolute Gasteiger partial charge is 0.135 e. The van der Waals surface area contributed by atoms with Gasteiger partial charge in [-0.25, -0.2) is 0 Å². The average Bonchev–Trinajstić information content (AvgIpc) is 3.60. The summed E-state index contributed by atoms with van der Waals surface area (Å²) in [7, 11) is 0. The van der Waals surface area contributed by atoms with Gasteiger partial charge in [-0.05, 0) is 77.3 Å². The molecule has 0 unspecified atom stereocenters. The molecule has 1 aliphatic carbocycles. The van der Waals surface area contributed by atoms with E-state index in [9.17, 15) is 0 Å². The number of benzene rings is 8. The van der Waals surface area contributed by atoms with E-state index >= 15 is 0 Å². The summed E-state index contributed by atoms with van der Waals surface area (Å²) in [6.07, 6.45) is 0. The van der Waals surface area contributed by atoms with Crippen LogP contribution in [0.2, 0.25) is 0 Å². The van der Waals surface area contributed by atoms with E-state index in [1.165, 1.54) is 97.0 Å². The second-order valence-corrected chi connectivity index (χ2v) is 14.2. The standard InChI is InChI=1S/C45H30S/c1-45(2)38-23-12-21-35(42(38)36-26-25-27-13-3-4-14-28(27)43(36)45)40-30-16-5-7-18-32(30)41(33-19-8-6-17-31(33)40)37-22-11-20-34-29-15-9-10-24-39(29)46-44(34)37/h3-26H,1-2H3. The number of hydrogen-bond acceptors (Lipinski definition) is 1. The summed E-state index contributed by atoms with van der Waals surface area (Å²) in [5, 5.41) is 10.5. The maximum Gasteiger partial charge on any atom is 0.0434 e. The van der Waals surface area contributed by atoms with E-state index < -0.39 is 0 Å². The van der Waals surface area contributed by atoms with Gasteiger partial charge in [-0.2, -0.15) is 0 Å². The highest BCUT2D eigenvalue weighted by molar-refractivity contribution is 7.26. The van der Waals surface area contributed by atoms with Crippen LogP contribution in [0.3, 0.4) is 0 Å². The Morgan fingerprint density at radius 2 is 0.935 bits per heavy atom. The zero-order valence-electron chi connectivity index (χ0n) is 25.8. The second kappa shape index (κ2) is 9.39. The Labute approximate surface area is 272 Å². The summed E-state index contributed by atoms with van der Waals surface area (Å²) in [5.41, 5.74) is 10.8. The summed E-state index contributed by atoms with van der Waals surface area (Å²) < 4.78 is 2.69. The maximum absolute atomic E-state index is 2.40. The highest BCUT2D eigenvalue weighted by atomic mass is 32.1. The van der Waals surface area contributed by atoms with Crippen molar-refractivity contribution in [3.05, 3.63) is 157 Å². The molecule has 0 N–H and O–H groups in total. The number of thiophene rings is 1. The Morgan fingerprint density at radius 1 is 0.391 bits per heavy atom. The number of hydrogen-bond donors (Lipinski definition) is 0. The third-order valence-electron chi connectivity index (χ3n) is 10.4. The predicted molar refractivity (Wildman–Crippen MR) is 200 cm³/mol. The zero-order valence-corrected chi connectivity index (χ0v) is 26.6. The van der Waals surface area contributed by atoms with E-state index in [4.69, 9.17) is 0 Å². The fourth-order valence-corrected chi connectivity index (χ4v) is 9.73. The van der Waals surface area contributed by atoms with Crippen molar-refractivity contribution < 1.29 is 0 Å². The maximum atomic E-state index is 2.40. The SMILES string of the molecule is CC1(C)c2cccc(-c3c4ccccc4c(-c4cccc5c4sc4ccccc45)c4ccccc34)c2-c2ccc3ccccc3c21. The molecule has 0 nitrogen and oxygen atoms in total.